The standard InChI is InChI=1S/C23H25N5O2/c1-16-7-9-19(10-8-16)28-15-21(25-26-28)23(30)27-13-11-18(12-14-27)24-22(29)20-6-4-3-5-17(20)2/h3-10,15,18H,11-14H2,1-2H3,(H,24,29). The van der Waals surface area contributed by atoms with Gasteiger partial charge < -0.3 is 10.2 Å². The number of likely N-dealkylation sites (tertiary alicyclic amines) is 1. The number of rotatable bonds is 4. The highest BCUT2D eigenvalue weighted by Crippen LogP contribution is 2.16. The largest absolute Gasteiger partial charge is 0.349 e. The lowest BCUT2D eigenvalue weighted by Crippen LogP contribution is -2.46. The van der Waals surface area contributed by atoms with Crippen LogP contribution < -0.4 is 5.32 Å². The molecule has 2 aromatic carbocycles. The van der Waals surface area contributed by atoms with Gasteiger partial charge in [0, 0.05) is 24.7 Å². The van der Waals surface area contributed by atoms with E-state index in [1.165, 1.54) is 0 Å². The summed E-state index contributed by atoms with van der Waals surface area (Å²) in [7, 11) is 0. The monoisotopic (exact) mass is 403 g/mol. The third-order valence-corrected chi connectivity index (χ3v) is 5.52. The first-order chi connectivity index (χ1) is 14.5. The summed E-state index contributed by atoms with van der Waals surface area (Å²) in [5.74, 6) is -0.184. The Morgan fingerprint density at radius 2 is 1.70 bits per heavy atom. The average Bonchev–Trinajstić information content (AvgIpc) is 3.25. The van der Waals surface area contributed by atoms with E-state index in [4.69, 9.17) is 0 Å². The van der Waals surface area contributed by atoms with Gasteiger partial charge in [-0.25, -0.2) is 4.68 Å². The Balaban J connectivity index is 1.34. The Morgan fingerprint density at radius 1 is 1.00 bits per heavy atom. The summed E-state index contributed by atoms with van der Waals surface area (Å²) < 4.78 is 1.61. The van der Waals surface area contributed by atoms with Crippen LogP contribution in [0.25, 0.3) is 5.69 Å². The van der Waals surface area contributed by atoms with E-state index in [0.29, 0.717) is 24.3 Å². The molecule has 0 aliphatic carbocycles. The van der Waals surface area contributed by atoms with Gasteiger partial charge >= 0.3 is 0 Å². The van der Waals surface area contributed by atoms with Crippen LogP contribution in [-0.4, -0.2) is 50.8 Å². The zero-order valence-corrected chi connectivity index (χ0v) is 17.2. The summed E-state index contributed by atoms with van der Waals surface area (Å²) in [5, 5.41) is 11.2. The van der Waals surface area contributed by atoms with E-state index in [9.17, 15) is 9.59 Å². The molecule has 1 aromatic heterocycles. The number of carbonyl (C=O) groups is 2. The maximum absolute atomic E-state index is 12.8. The van der Waals surface area contributed by atoms with Crippen LogP contribution in [0.15, 0.2) is 54.7 Å². The lowest BCUT2D eigenvalue weighted by Gasteiger charge is -2.32. The number of hydrogen-bond donors (Lipinski definition) is 1. The van der Waals surface area contributed by atoms with E-state index >= 15 is 0 Å². The van der Waals surface area contributed by atoms with Crippen molar-refractivity contribution in [2.75, 3.05) is 13.1 Å². The molecule has 1 aliphatic rings. The highest BCUT2D eigenvalue weighted by atomic mass is 16.2. The number of aryl methyl sites for hydroxylation is 2. The molecule has 3 aromatic rings. The predicted octanol–water partition coefficient (Wildman–Crippen LogP) is 2.92. The number of amides is 2. The lowest BCUT2D eigenvalue weighted by molar-refractivity contribution is 0.0692. The third-order valence-electron chi connectivity index (χ3n) is 5.52. The van der Waals surface area contributed by atoms with Crippen molar-refractivity contribution in [2.24, 2.45) is 0 Å². The first kappa shape index (κ1) is 19.8. The minimum Gasteiger partial charge on any atom is -0.349 e. The fraction of sp³-hybridized carbons (Fsp3) is 0.304. The fourth-order valence-electron chi connectivity index (χ4n) is 3.67. The summed E-state index contributed by atoms with van der Waals surface area (Å²) in [5.41, 5.74) is 4.01. The molecule has 30 heavy (non-hydrogen) atoms. The molecule has 0 spiro atoms. The summed E-state index contributed by atoms with van der Waals surface area (Å²) in [6.07, 6.45) is 3.10. The molecular weight excluding hydrogens is 378 g/mol. The van der Waals surface area contributed by atoms with Crippen LogP contribution in [0.5, 0.6) is 0 Å². The van der Waals surface area contributed by atoms with Crippen LogP contribution in [0.1, 0.15) is 44.8 Å². The van der Waals surface area contributed by atoms with Crippen molar-refractivity contribution in [1.82, 2.24) is 25.2 Å². The van der Waals surface area contributed by atoms with Gasteiger partial charge in [-0.1, -0.05) is 41.1 Å². The summed E-state index contributed by atoms with van der Waals surface area (Å²) in [6.45, 7) is 5.11. The molecule has 0 saturated carbocycles. The van der Waals surface area contributed by atoms with E-state index in [1.54, 1.807) is 15.8 Å². The van der Waals surface area contributed by atoms with Gasteiger partial charge in [-0.2, -0.15) is 0 Å². The second kappa shape index (κ2) is 8.49. The topological polar surface area (TPSA) is 80.1 Å². The van der Waals surface area contributed by atoms with Crippen molar-refractivity contribution >= 4 is 11.8 Å². The van der Waals surface area contributed by atoms with Crippen LogP contribution in [0.3, 0.4) is 0 Å². The van der Waals surface area contributed by atoms with Gasteiger partial charge in [-0.3, -0.25) is 9.59 Å². The number of nitrogens with zero attached hydrogens (tertiary/aromatic N) is 4. The van der Waals surface area contributed by atoms with Crippen LogP contribution in [0.2, 0.25) is 0 Å². The minimum atomic E-state index is -0.128. The van der Waals surface area contributed by atoms with Gasteiger partial charge in [0.05, 0.1) is 11.9 Å². The molecule has 1 N–H and O–H groups in total. The Kier molecular flexibility index (Phi) is 5.61. The lowest BCUT2D eigenvalue weighted by atomic mass is 10.0. The third kappa shape index (κ3) is 4.25. The van der Waals surface area contributed by atoms with Gasteiger partial charge in [0.25, 0.3) is 11.8 Å². The molecule has 0 radical (unpaired) electrons. The predicted molar refractivity (Wildman–Crippen MR) is 114 cm³/mol. The maximum Gasteiger partial charge on any atom is 0.276 e. The smallest absolute Gasteiger partial charge is 0.276 e. The fourth-order valence-corrected chi connectivity index (χ4v) is 3.67. The molecule has 1 fully saturated rings. The second-order valence-electron chi connectivity index (χ2n) is 7.74. The number of carbonyl (C=O) groups excluding carboxylic acids is 2. The highest BCUT2D eigenvalue weighted by molar-refractivity contribution is 5.96. The Morgan fingerprint density at radius 3 is 2.40 bits per heavy atom. The van der Waals surface area contributed by atoms with Gasteiger partial charge in [-0.15, -0.1) is 5.10 Å². The van der Waals surface area contributed by atoms with Crippen molar-refractivity contribution in [3.63, 3.8) is 0 Å². The highest BCUT2D eigenvalue weighted by Gasteiger charge is 2.26. The van der Waals surface area contributed by atoms with Crippen molar-refractivity contribution in [3.05, 3.63) is 77.1 Å². The van der Waals surface area contributed by atoms with Crippen LogP contribution in [-0.2, 0) is 0 Å². The molecule has 7 heteroatoms. The maximum atomic E-state index is 12.8. The minimum absolute atomic E-state index is 0.0566. The Hall–Kier alpha value is -3.48. The molecular formula is C23H25N5O2. The van der Waals surface area contributed by atoms with E-state index in [0.717, 1.165) is 29.7 Å². The zero-order valence-electron chi connectivity index (χ0n) is 17.2. The second-order valence-corrected chi connectivity index (χ2v) is 7.74. The van der Waals surface area contributed by atoms with E-state index in [2.05, 4.69) is 15.6 Å². The zero-order chi connectivity index (χ0) is 21.1. The molecule has 1 aliphatic heterocycles. The van der Waals surface area contributed by atoms with Crippen LogP contribution >= 0.6 is 0 Å². The van der Waals surface area contributed by atoms with Crippen molar-refractivity contribution in [3.8, 4) is 5.69 Å². The van der Waals surface area contributed by atoms with Gasteiger partial charge in [-0.05, 0) is 50.5 Å². The SMILES string of the molecule is Cc1ccc(-n2cc(C(=O)N3CCC(NC(=O)c4ccccc4C)CC3)nn2)cc1. The molecule has 0 bridgehead atoms. The molecule has 1 saturated heterocycles. The number of nitrogens with one attached hydrogen (secondary N) is 1. The van der Waals surface area contributed by atoms with E-state index in [1.807, 2.05) is 62.4 Å². The number of aromatic nitrogens is 3. The molecule has 0 unspecified atom stereocenters. The number of hydrogen-bond acceptors (Lipinski definition) is 4. The first-order valence-corrected chi connectivity index (χ1v) is 10.2. The average molecular weight is 403 g/mol. The molecule has 154 valence electrons. The molecule has 7 nitrogen and oxygen atoms in total. The van der Waals surface area contributed by atoms with Gasteiger partial charge in [0.1, 0.15) is 0 Å². The van der Waals surface area contributed by atoms with Crippen molar-refractivity contribution < 1.29 is 9.59 Å². The van der Waals surface area contributed by atoms with Crippen molar-refractivity contribution in [2.45, 2.75) is 32.7 Å². The number of piperidine rings is 1. The molecule has 4 rings (SSSR count). The summed E-state index contributed by atoms with van der Waals surface area (Å²) in [4.78, 5) is 27.1. The molecule has 2 heterocycles. The van der Waals surface area contributed by atoms with Crippen molar-refractivity contribution in [1.29, 1.82) is 0 Å². The normalized spacial score (nSPS) is 14.5. The quantitative estimate of drug-likeness (QED) is 0.726. The Labute approximate surface area is 175 Å². The number of benzene rings is 2. The van der Waals surface area contributed by atoms with E-state index in [-0.39, 0.29) is 17.9 Å². The van der Waals surface area contributed by atoms with Crippen LogP contribution in [0, 0.1) is 13.8 Å². The first-order valence-electron chi connectivity index (χ1n) is 10.2. The molecule has 0 atom stereocenters. The molecule has 2 amide bonds. The summed E-state index contributed by atoms with van der Waals surface area (Å²) in [6, 6.07) is 15.5. The van der Waals surface area contributed by atoms with Crippen LogP contribution in [0.4, 0.5) is 0 Å². The summed E-state index contributed by atoms with van der Waals surface area (Å²) >= 11 is 0. The van der Waals surface area contributed by atoms with Gasteiger partial charge in [0.15, 0.2) is 5.69 Å². The van der Waals surface area contributed by atoms with E-state index < -0.39 is 0 Å². The Bertz CT molecular complexity index is 1050. The van der Waals surface area contributed by atoms with Gasteiger partial charge in [0.2, 0.25) is 0 Å².